The fraction of sp³-hybridized carbons (Fsp3) is 0.389. The van der Waals surface area contributed by atoms with Crippen molar-refractivity contribution in [2.24, 2.45) is 0 Å². The van der Waals surface area contributed by atoms with E-state index in [-0.39, 0.29) is 5.91 Å². The molecule has 2 heterocycles. The van der Waals surface area contributed by atoms with Crippen molar-refractivity contribution in [1.82, 2.24) is 14.8 Å². The van der Waals surface area contributed by atoms with Crippen LogP contribution in [-0.2, 0) is 4.79 Å². The van der Waals surface area contributed by atoms with Gasteiger partial charge in [-0.1, -0.05) is 18.3 Å². The molecule has 0 saturated carbocycles. The number of fused-ring (bicyclic) bond motifs is 1. The topological polar surface area (TPSA) is 59.8 Å². The monoisotopic (exact) mass is 342 g/mol. The van der Waals surface area contributed by atoms with Crippen molar-refractivity contribution in [3.63, 3.8) is 0 Å². The van der Waals surface area contributed by atoms with Crippen molar-refractivity contribution >= 4 is 33.1 Å². The van der Waals surface area contributed by atoms with Gasteiger partial charge in [0.25, 0.3) is 0 Å². The van der Waals surface area contributed by atoms with Crippen LogP contribution < -0.4 is 5.32 Å². The maximum Gasteiger partial charge on any atom is 0.224 e. The molecule has 3 rings (SSSR count). The number of amides is 1. The second kappa shape index (κ2) is 6.36. The summed E-state index contributed by atoms with van der Waals surface area (Å²) in [7, 11) is 0. The molecule has 24 heavy (non-hydrogen) atoms. The Morgan fingerprint density at radius 2 is 2.00 bits per heavy atom. The lowest BCUT2D eigenvalue weighted by atomic mass is 10.1. The molecule has 1 N–H and O–H groups in total. The fourth-order valence-corrected chi connectivity index (χ4v) is 3.97. The highest BCUT2D eigenvalue weighted by Gasteiger charge is 2.16. The maximum absolute atomic E-state index is 12.0. The summed E-state index contributed by atoms with van der Waals surface area (Å²) in [5.41, 5.74) is 6.01. The Hall–Kier alpha value is -2.21. The van der Waals surface area contributed by atoms with Crippen LogP contribution in [0.25, 0.3) is 15.3 Å². The van der Waals surface area contributed by atoms with Crippen LogP contribution in [0.15, 0.2) is 12.1 Å². The molecule has 0 unspecified atom stereocenters. The third kappa shape index (κ3) is 2.94. The van der Waals surface area contributed by atoms with Gasteiger partial charge in [-0.05, 0) is 57.4 Å². The van der Waals surface area contributed by atoms with E-state index in [2.05, 4.69) is 10.4 Å². The van der Waals surface area contributed by atoms with Crippen LogP contribution in [0.1, 0.15) is 42.3 Å². The van der Waals surface area contributed by atoms with Gasteiger partial charge in [-0.25, -0.2) is 9.67 Å². The third-order valence-electron chi connectivity index (χ3n) is 4.04. The molecule has 0 saturated heterocycles. The summed E-state index contributed by atoms with van der Waals surface area (Å²) < 4.78 is 2.97. The molecule has 0 spiro atoms. The van der Waals surface area contributed by atoms with E-state index in [1.807, 2.05) is 51.4 Å². The molecule has 0 atom stereocenters. The number of rotatable bonds is 4. The Kier molecular flexibility index (Phi) is 4.41. The van der Waals surface area contributed by atoms with E-state index in [0.29, 0.717) is 6.42 Å². The van der Waals surface area contributed by atoms with E-state index in [9.17, 15) is 4.79 Å². The number of benzene rings is 1. The molecule has 0 aliphatic carbocycles. The van der Waals surface area contributed by atoms with Crippen molar-refractivity contribution in [3.8, 4) is 5.13 Å². The predicted octanol–water partition coefficient (Wildman–Crippen LogP) is 4.45. The zero-order valence-corrected chi connectivity index (χ0v) is 15.5. The maximum atomic E-state index is 12.0. The van der Waals surface area contributed by atoms with Crippen molar-refractivity contribution in [3.05, 3.63) is 34.6 Å². The Balaban J connectivity index is 2.08. The van der Waals surface area contributed by atoms with Crippen LogP contribution in [0.3, 0.4) is 0 Å². The van der Waals surface area contributed by atoms with Crippen LogP contribution in [0.5, 0.6) is 0 Å². The number of aryl methyl sites for hydroxylation is 4. The average molecular weight is 342 g/mol. The standard InChI is InChI=1S/C18H22N4OS/c1-6-7-15(23)20-16-10(2)8-14-17(13(16)5)24-18(19-14)22-12(4)9-11(3)21-22/h8-9H,6-7H2,1-5H3,(H,20,23). The van der Waals surface area contributed by atoms with Crippen molar-refractivity contribution < 1.29 is 4.79 Å². The second-order valence-corrected chi connectivity index (χ2v) is 7.15. The van der Waals surface area contributed by atoms with Gasteiger partial charge in [0, 0.05) is 17.8 Å². The summed E-state index contributed by atoms with van der Waals surface area (Å²) in [4.78, 5) is 16.7. The van der Waals surface area contributed by atoms with Gasteiger partial charge in [0.2, 0.25) is 11.0 Å². The summed E-state index contributed by atoms with van der Waals surface area (Å²) in [5.74, 6) is 0.0614. The van der Waals surface area contributed by atoms with Crippen molar-refractivity contribution in [2.75, 3.05) is 5.32 Å². The lowest BCUT2D eigenvalue weighted by Crippen LogP contribution is -2.12. The first-order valence-corrected chi connectivity index (χ1v) is 8.96. The van der Waals surface area contributed by atoms with Gasteiger partial charge in [0.1, 0.15) is 0 Å². The van der Waals surface area contributed by atoms with Gasteiger partial charge in [-0.2, -0.15) is 5.10 Å². The number of nitrogens with zero attached hydrogens (tertiary/aromatic N) is 3. The minimum Gasteiger partial charge on any atom is -0.326 e. The molecule has 1 aromatic carbocycles. The van der Waals surface area contributed by atoms with E-state index < -0.39 is 0 Å². The zero-order valence-electron chi connectivity index (χ0n) is 14.7. The Morgan fingerprint density at radius 3 is 2.62 bits per heavy atom. The molecule has 126 valence electrons. The number of aromatic nitrogens is 3. The highest BCUT2D eigenvalue weighted by molar-refractivity contribution is 7.21. The highest BCUT2D eigenvalue weighted by atomic mass is 32.1. The zero-order chi connectivity index (χ0) is 17.4. The summed E-state index contributed by atoms with van der Waals surface area (Å²) in [6.07, 6.45) is 1.38. The summed E-state index contributed by atoms with van der Waals surface area (Å²) in [5, 5.41) is 8.43. The molecular weight excluding hydrogens is 320 g/mol. The van der Waals surface area contributed by atoms with Crippen LogP contribution in [0.2, 0.25) is 0 Å². The first-order valence-electron chi connectivity index (χ1n) is 8.15. The van der Waals surface area contributed by atoms with Crippen LogP contribution in [-0.4, -0.2) is 20.7 Å². The molecule has 2 aromatic heterocycles. The third-order valence-corrected chi connectivity index (χ3v) is 5.20. The molecule has 0 fully saturated rings. The molecule has 5 nitrogen and oxygen atoms in total. The summed E-state index contributed by atoms with van der Waals surface area (Å²) >= 11 is 1.61. The van der Waals surface area contributed by atoms with Crippen LogP contribution in [0, 0.1) is 27.7 Å². The summed E-state index contributed by atoms with van der Waals surface area (Å²) in [6, 6.07) is 4.08. The number of nitrogens with one attached hydrogen (secondary N) is 1. The van der Waals surface area contributed by atoms with Gasteiger partial charge >= 0.3 is 0 Å². The largest absolute Gasteiger partial charge is 0.326 e. The van der Waals surface area contributed by atoms with Gasteiger partial charge < -0.3 is 5.32 Å². The van der Waals surface area contributed by atoms with Gasteiger partial charge in [-0.15, -0.1) is 0 Å². The normalized spacial score (nSPS) is 11.2. The molecule has 0 radical (unpaired) electrons. The molecular formula is C18H22N4OS. The number of hydrogen-bond acceptors (Lipinski definition) is 4. The van der Waals surface area contributed by atoms with E-state index >= 15 is 0 Å². The quantitative estimate of drug-likeness (QED) is 0.762. The lowest BCUT2D eigenvalue weighted by Gasteiger charge is -2.11. The van der Waals surface area contributed by atoms with Crippen LogP contribution in [0.4, 0.5) is 5.69 Å². The first-order chi connectivity index (χ1) is 11.4. The molecule has 3 aromatic rings. The number of carbonyl (C=O) groups is 1. The molecule has 1 amide bonds. The van der Waals surface area contributed by atoms with E-state index in [1.165, 1.54) is 0 Å². The number of carbonyl (C=O) groups excluding carboxylic acids is 1. The smallest absolute Gasteiger partial charge is 0.224 e. The number of thiazole rings is 1. The molecule has 6 heteroatoms. The van der Waals surface area contributed by atoms with E-state index in [1.54, 1.807) is 11.3 Å². The van der Waals surface area contributed by atoms with Gasteiger partial charge in [0.05, 0.1) is 15.9 Å². The molecule has 0 aliphatic rings. The highest BCUT2D eigenvalue weighted by Crippen LogP contribution is 2.34. The van der Waals surface area contributed by atoms with Gasteiger partial charge in [0.15, 0.2) is 0 Å². The molecule has 0 bridgehead atoms. The van der Waals surface area contributed by atoms with Crippen LogP contribution >= 0.6 is 11.3 Å². The first kappa shape index (κ1) is 16.6. The SMILES string of the molecule is CCCC(=O)Nc1c(C)cc2nc(-n3nc(C)cc3C)sc2c1C. The lowest BCUT2D eigenvalue weighted by molar-refractivity contribution is -0.116. The molecule has 0 aliphatic heterocycles. The van der Waals surface area contributed by atoms with Gasteiger partial charge in [-0.3, -0.25) is 4.79 Å². The number of anilines is 1. The van der Waals surface area contributed by atoms with Crippen molar-refractivity contribution in [1.29, 1.82) is 0 Å². The fourth-order valence-electron chi connectivity index (χ4n) is 2.91. The minimum atomic E-state index is 0.0614. The summed E-state index contributed by atoms with van der Waals surface area (Å²) in [6.45, 7) is 10.1. The predicted molar refractivity (Wildman–Crippen MR) is 99.2 cm³/mol. The Bertz CT molecular complexity index is 923. The second-order valence-electron chi connectivity index (χ2n) is 6.18. The minimum absolute atomic E-state index is 0.0614. The average Bonchev–Trinajstić information content (AvgIpc) is 3.06. The van der Waals surface area contributed by atoms with E-state index in [4.69, 9.17) is 4.98 Å². The van der Waals surface area contributed by atoms with E-state index in [0.717, 1.165) is 50.0 Å². The Labute approximate surface area is 145 Å². The number of hydrogen-bond donors (Lipinski definition) is 1. The Morgan fingerprint density at radius 1 is 1.25 bits per heavy atom. The van der Waals surface area contributed by atoms with Crippen molar-refractivity contribution in [2.45, 2.75) is 47.5 Å².